The highest BCUT2D eigenvalue weighted by atomic mass is 16.5. The van der Waals surface area contributed by atoms with Crippen LogP contribution in [0.2, 0.25) is 0 Å². The second-order valence-corrected chi connectivity index (χ2v) is 6.15. The smallest absolute Gasteiger partial charge is 0.104 e. The quantitative estimate of drug-likeness (QED) is 0.291. The molecular formula is C21H38O3. The Bertz CT molecular complexity index is 317. The van der Waals surface area contributed by atoms with Crippen molar-refractivity contribution in [2.45, 2.75) is 77.2 Å². The lowest BCUT2D eigenvalue weighted by Gasteiger charge is -2.11. The lowest BCUT2D eigenvalue weighted by atomic mass is 10.1. The van der Waals surface area contributed by atoms with Gasteiger partial charge in [-0.25, -0.2) is 0 Å². The number of allylic oxidation sites excluding steroid dienone is 6. The van der Waals surface area contributed by atoms with Crippen molar-refractivity contribution < 1.29 is 14.9 Å². The molecule has 24 heavy (non-hydrogen) atoms. The molecule has 140 valence electrons. The molecule has 3 heteroatoms. The predicted molar refractivity (Wildman–Crippen MR) is 103 cm³/mol. The minimum atomic E-state index is -0.405. The molecule has 0 unspecified atom stereocenters. The van der Waals surface area contributed by atoms with Gasteiger partial charge in [0.05, 0.1) is 13.2 Å². The van der Waals surface area contributed by atoms with Gasteiger partial charge in [0.15, 0.2) is 0 Å². The summed E-state index contributed by atoms with van der Waals surface area (Å²) in [6, 6.07) is 0. The highest BCUT2D eigenvalue weighted by Crippen LogP contribution is 2.08. The van der Waals surface area contributed by atoms with E-state index in [9.17, 15) is 0 Å². The van der Waals surface area contributed by atoms with E-state index >= 15 is 0 Å². The Morgan fingerprint density at radius 2 is 1.25 bits per heavy atom. The third-order valence-electron chi connectivity index (χ3n) is 3.86. The molecule has 0 aliphatic rings. The summed E-state index contributed by atoms with van der Waals surface area (Å²) in [4.78, 5) is 0. The molecule has 0 saturated carbocycles. The van der Waals surface area contributed by atoms with E-state index in [-0.39, 0.29) is 13.2 Å². The SMILES string of the molecule is CCCC/C=C/C=C/C=C\CCCCCCCCOC(CO)CO. The third-order valence-corrected chi connectivity index (χ3v) is 3.86. The van der Waals surface area contributed by atoms with E-state index in [4.69, 9.17) is 14.9 Å². The van der Waals surface area contributed by atoms with Crippen LogP contribution in [0.15, 0.2) is 36.5 Å². The van der Waals surface area contributed by atoms with E-state index in [2.05, 4.69) is 43.4 Å². The molecule has 0 spiro atoms. The lowest BCUT2D eigenvalue weighted by molar-refractivity contribution is -0.0208. The Labute approximate surface area is 149 Å². The molecule has 0 fully saturated rings. The first kappa shape index (κ1) is 23.1. The zero-order valence-corrected chi connectivity index (χ0v) is 15.5. The van der Waals surface area contributed by atoms with Gasteiger partial charge in [0.1, 0.15) is 6.10 Å². The van der Waals surface area contributed by atoms with Crippen LogP contribution in [-0.2, 0) is 4.74 Å². The molecule has 0 aliphatic carbocycles. The van der Waals surface area contributed by atoms with E-state index < -0.39 is 6.10 Å². The summed E-state index contributed by atoms with van der Waals surface area (Å²) in [5.74, 6) is 0. The number of ether oxygens (including phenoxy) is 1. The number of aliphatic hydroxyl groups is 2. The summed E-state index contributed by atoms with van der Waals surface area (Å²) < 4.78 is 5.34. The molecule has 0 aromatic rings. The average Bonchev–Trinajstić information content (AvgIpc) is 2.61. The van der Waals surface area contributed by atoms with Crippen molar-refractivity contribution in [2.75, 3.05) is 19.8 Å². The fourth-order valence-corrected chi connectivity index (χ4v) is 2.28. The van der Waals surface area contributed by atoms with Crippen LogP contribution in [0.3, 0.4) is 0 Å². The second kappa shape index (κ2) is 20.1. The molecule has 3 nitrogen and oxygen atoms in total. The summed E-state index contributed by atoms with van der Waals surface area (Å²) in [7, 11) is 0. The Balaban J connectivity index is 3.28. The predicted octanol–water partition coefficient (Wildman–Crippen LogP) is 4.95. The monoisotopic (exact) mass is 338 g/mol. The van der Waals surface area contributed by atoms with Crippen molar-refractivity contribution in [3.8, 4) is 0 Å². The summed E-state index contributed by atoms with van der Waals surface area (Å²) in [5.41, 5.74) is 0. The minimum absolute atomic E-state index is 0.103. The van der Waals surface area contributed by atoms with Crippen molar-refractivity contribution in [3.63, 3.8) is 0 Å². The zero-order valence-electron chi connectivity index (χ0n) is 15.5. The normalized spacial score (nSPS) is 12.5. The van der Waals surface area contributed by atoms with Crippen LogP contribution in [0, 0.1) is 0 Å². The van der Waals surface area contributed by atoms with Gasteiger partial charge in [-0.15, -0.1) is 0 Å². The molecule has 0 bridgehead atoms. The molecule has 0 heterocycles. The first-order valence-electron chi connectivity index (χ1n) is 9.66. The van der Waals surface area contributed by atoms with Gasteiger partial charge in [-0.1, -0.05) is 81.9 Å². The number of hydrogen-bond acceptors (Lipinski definition) is 3. The fourth-order valence-electron chi connectivity index (χ4n) is 2.28. The second-order valence-electron chi connectivity index (χ2n) is 6.15. The van der Waals surface area contributed by atoms with E-state index in [1.165, 1.54) is 44.9 Å². The maximum atomic E-state index is 8.86. The Morgan fingerprint density at radius 1 is 0.708 bits per heavy atom. The first-order valence-corrected chi connectivity index (χ1v) is 9.66. The lowest BCUT2D eigenvalue weighted by Crippen LogP contribution is -2.22. The highest BCUT2D eigenvalue weighted by molar-refractivity contribution is 5.10. The average molecular weight is 339 g/mol. The highest BCUT2D eigenvalue weighted by Gasteiger charge is 2.04. The summed E-state index contributed by atoms with van der Waals surface area (Å²) in [6.45, 7) is 2.64. The minimum Gasteiger partial charge on any atom is -0.394 e. The zero-order chi connectivity index (χ0) is 17.7. The number of unbranched alkanes of at least 4 members (excludes halogenated alkanes) is 8. The number of hydrogen-bond donors (Lipinski definition) is 2. The Morgan fingerprint density at radius 3 is 1.83 bits per heavy atom. The van der Waals surface area contributed by atoms with Crippen LogP contribution in [0.5, 0.6) is 0 Å². The third kappa shape index (κ3) is 17.5. The molecule has 0 saturated heterocycles. The van der Waals surface area contributed by atoms with Crippen molar-refractivity contribution >= 4 is 0 Å². The molecule has 0 amide bonds. The van der Waals surface area contributed by atoms with E-state index in [1.807, 2.05) is 0 Å². The van der Waals surface area contributed by atoms with Gasteiger partial charge in [-0.3, -0.25) is 0 Å². The van der Waals surface area contributed by atoms with E-state index in [0.717, 1.165) is 19.3 Å². The molecule has 0 aliphatic heterocycles. The molecular weight excluding hydrogens is 300 g/mol. The maximum absolute atomic E-state index is 8.86. The topological polar surface area (TPSA) is 49.7 Å². The van der Waals surface area contributed by atoms with Crippen LogP contribution in [0.1, 0.15) is 71.1 Å². The van der Waals surface area contributed by atoms with Crippen LogP contribution in [0.4, 0.5) is 0 Å². The van der Waals surface area contributed by atoms with Gasteiger partial charge in [-0.2, -0.15) is 0 Å². The first-order chi connectivity index (χ1) is 11.8. The van der Waals surface area contributed by atoms with Gasteiger partial charge < -0.3 is 14.9 Å². The molecule has 2 N–H and O–H groups in total. The van der Waals surface area contributed by atoms with Gasteiger partial charge >= 0.3 is 0 Å². The van der Waals surface area contributed by atoms with E-state index in [0.29, 0.717) is 6.61 Å². The standard InChI is InChI=1S/C21H38O3/c1-2-3-4-5-6-7-8-9-10-11-12-13-14-15-16-17-18-24-21(19-22)20-23/h5-10,21-23H,2-4,11-20H2,1H3/b6-5+,8-7+,10-9-. The van der Waals surface area contributed by atoms with Crippen molar-refractivity contribution in [3.05, 3.63) is 36.5 Å². The van der Waals surface area contributed by atoms with Crippen molar-refractivity contribution in [1.82, 2.24) is 0 Å². The molecule has 0 radical (unpaired) electrons. The van der Waals surface area contributed by atoms with E-state index in [1.54, 1.807) is 0 Å². The Kier molecular flexibility index (Phi) is 19.4. The molecule has 0 aromatic heterocycles. The molecule has 0 aromatic carbocycles. The summed E-state index contributed by atoms with van der Waals surface area (Å²) in [6.07, 6.45) is 24.6. The fraction of sp³-hybridized carbons (Fsp3) is 0.714. The van der Waals surface area contributed by atoms with Gasteiger partial charge in [0.25, 0.3) is 0 Å². The van der Waals surface area contributed by atoms with Crippen LogP contribution < -0.4 is 0 Å². The summed E-state index contributed by atoms with van der Waals surface area (Å²) >= 11 is 0. The molecule has 0 atom stereocenters. The number of aliphatic hydroxyl groups excluding tert-OH is 2. The van der Waals surface area contributed by atoms with Gasteiger partial charge in [-0.05, 0) is 25.7 Å². The molecule has 0 rings (SSSR count). The van der Waals surface area contributed by atoms with Crippen molar-refractivity contribution in [1.29, 1.82) is 0 Å². The number of rotatable bonds is 17. The van der Waals surface area contributed by atoms with Crippen LogP contribution in [0.25, 0.3) is 0 Å². The van der Waals surface area contributed by atoms with Gasteiger partial charge in [0.2, 0.25) is 0 Å². The summed E-state index contributed by atoms with van der Waals surface area (Å²) in [5, 5.41) is 17.7. The largest absolute Gasteiger partial charge is 0.394 e. The van der Waals surface area contributed by atoms with Crippen molar-refractivity contribution in [2.24, 2.45) is 0 Å². The van der Waals surface area contributed by atoms with Gasteiger partial charge in [0, 0.05) is 6.61 Å². The van der Waals surface area contributed by atoms with Crippen LogP contribution >= 0.6 is 0 Å². The Hall–Kier alpha value is -0.900. The maximum Gasteiger partial charge on any atom is 0.104 e. The van der Waals surface area contributed by atoms with Crippen LogP contribution in [-0.4, -0.2) is 36.1 Å².